The van der Waals surface area contributed by atoms with E-state index in [9.17, 15) is 29.7 Å². The first-order chi connectivity index (χ1) is 18.7. The smallest absolute Gasteiger partial charge is 0.251 e. The van der Waals surface area contributed by atoms with Gasteiger partial charge >= 0.3 is 0 Å². The van der Waals surface area contributed by atoms with Crippen molar-refractivity contribution in [1.29, 1.82) is 0 Å². The topological polar surface area (TPSA) is 154 Å². The molecule has 0 radical (unpaired) electrons. The quantitative estimate of drug-likeness (QED) is 0.179. The molecule has 3 rings (SSSR count). The number of carbonyl (C=O) groups excluding carboxylic acids is 3. The van der Waals surface area contributed by atoms with E-state index in [4.69, 9.17) is 9.47 Å². The normalized spacial score (nSPS) is 24.4. The van der Waals surface area contributed by atoms with Crippen molar-refractivity contribution in [3.8, 4) is 11.1 Å². The Hall–Kier alpha value is -2.80. The molecule has 212 valence electrons. The van der Waals surface area contributed by atoms with E-state index in [-0.39, 0.29) is 19.6 Å². The van der Waals surface area contributed by atoms with Gasteiger partial charge in [-0.25, -0.2) is 0 Å². The molecule has 0 spiro atoms. The van der Waals surface area contributed by atoms with Crippen molar-refractivity contribution < 1.29 is 39.2 Å². The summed E-state index contributed by atoms with van der Waals surface area (Å²) in [6.07, 6.45) is -3.25. The molecule has 1 saturated heterocycles. The van der Waals surface area contributed by atoms with Crippen molar-refractivity contribution >= 4 is 29.9 Å². The minimum absolute atomic E-state index is 0.168. The Balaban J connectivity index is 1.66. The lowest BCUT2D eigenvalue weighted by molar-refractivity contribution is -0.296. The van der Waals surface area contributed by atoms with Gasteiger partial charge in [-0.2, -0.15) is 11.8 Å². The van der Waals surface area contributed by atoms with Crippen LogP contribution in [0.15, 0.2) is 54.6 Å². The number of ether oxygens (including phenoxy) is 2. The van der Waals surface area contributed by atoms with Crippen LogP contribution >= 0.6 is 11.8 Å². The van der Waals surface area contributed by atoms with Crippen LogP contribution in [0.25, 0.3) is 11.1 Å². The zero-order chi connectivity index (χ0) is 28.4. The average Bonchev–Trinajstić information content (AvgIpc) is 2.95. The molecule has 6 atom stereocenters. The molecule has 0 bridgehead atoms. The van der Waals surface area contributed by atoms with Crippen molar-refractivity contribution in [1.82, 2.24) is 10.6 Å². The standard InChI is InChI=1S/C28H36N2O8S/c1-18(32)30-24-22(33)15-28(17-31,37-13-6-14-39-2)38-26(24)25(35)23(34)16-29-27(36)21-11-9-20(10-12-21)19-7-4-3-5-8-19/h3-5,7-12,17,22-26,33-35H,6,13-16H2,1-2H3,(H,29,36)(H,30,32)/t22-,23+,24+,25+,26+,28+/m0/s1. The maximum atomic E-state index is 12.7. The Bertz CT molecular complexity index is 1090. The van der Waals surface area contributed by atoms with E-state index >= 15 is 0 Å². The van der Waals surface area contributed by atoms with Crippen molar-refractivity contribution in [3.05, 3.63) is 60.2 Å². The molecule has 0 unspecified atom stereocenters. The van der Waals surface area contributed by atoms with E-state index < -0.39 is 48.1 Å². The maximum absolute atomic E-state index is 12.7. The van der Waals surface area contributed by atoms with Crippen molar-refractivity contribution in [2.45, 2.75) is 56.0 Å². The molecular formula is C28H36N2O8S. The summed E-state index contributed by atoms with van der Waals surface area (Å²) in [5.74, 6) is -2.04. The van der Waals surface area contributed by atoms with Gasteiger partial charge in [0.1, 0.15) is 12.2 Å². The number of carbonyl (C=O) groups is 3. The van der Waals surface area contributed by atoms with Gasteiger partial charge in [0.2, 0.25) is 11.7 Å². The minimum atomic E-state index is -1.86. The molecule has 11 heteroatoms. The van der Waals surface area contributed by atoms with Crippen LogP contribution in [0.3, 0.4) is 0 Å². The van der Waals surface area contributed by atoms with Crippen molar-refractivity contribution in [2.75, 3.05) is 25.2 Å². The molecule has 0 aromatic heterocycles. The van der Waals surface area contributed by atoms with Crippen LogP contribution in [0, 0.1) is 0 Å². The number of aliphatic hydroxyl groups is 3. The van der Waals surface area contributed by atoms with Crippen molar-refractivity contribution in [3.63, 3.8) is 0 Å². The largest absolute Gasteiger partial charge is 0.391 e. The highest BCUT2D eigenvalue weighted by Gasteiger charge is 2.51. The molecule has 1 aliphatic rings. The fourth-order valence-corrected chi connectivity index (χ4v) is 4.83. The number of aliphatic hydroxyl groups excluding tert-OH is 3. The molecule has 39 heavy (non-hydrogen) atoms. The second-order valence-electron chi connectivity index (χ2n) is 9.42. The average molecular weight is 561 g/mol. The number of thioether (sulfide) groups is 1. The highest BCUT2D eigenvalue weighted by Crippen LogP contribution is 2.32. The highest BCUT2D eigenvalue weighted by atomic mass is 32.2. The van der Waals surface area contributed by atoms with E-state index in [0.717, 1.165) is 16.9 Å². The number of rotatable bonds is 13. The van der Waals surface area contributed by atoms with Gasteiger partial charge in [0.25, 0.3) is 5.91 Å². The van der Waals surface area contributed by atoms with Crippen LogP contribution in [-0.4, -0.2) is 94.8 Å². The third kappa shape index (κ3) is 8.34. The van der Waals surface area contributed by atoms with Crippen LogP contribution in [0.5, 0.6) is 0 Å². The summed E-state index contributed by atoms with van der Waals surface area (Å²) in [5.41, 5.74) is 2.30. The van der Waals surface area contributed by atoms with Gasteiger partial charge in [0.05, 0.1) is 24.9 Å². The number of benzene rings is 2. The molecule has 5 N–H and O–H groups in total. The third-order valence-electron chi connectivity index (χ3n) is 6.44. The predicted molar refractivity (Wildman–Crippen MR) is 147 cm³/mol. The zero-order valence-electron chi connectivity index (χ0n) is 22.0. The van der Waals surface area contributed by atoms with E-state index in [2.05, 4.69) is 10.6 Å². The molecule has 1 heterocycles. The number of aldehydes is 1. The van der Waals surface area contributed by atoms with Gasteiger partial charge in [0.15, 0.2) is 6.29 Å². The van der Waals surface area contributed by atoms with Crippen LogP contribution in [0.1, 0.15) is 30.1 Å². The Kier molecular flexibility index (Phi) is 11.5. The Morgan fingerprint density at radius 2 is 1.82 bits per heavy atom. The zero-order valence-corrected chi connectivity index (χ0v) is 22.8. The van der Waals surface area contributed by atoms with Gasteiger partial charge in [-0.3, -0.25) is 14.4 Å². The van der Waals surface area contributed by atoms with Gasteiger partial charge < -0.3 is 35.4 Å². The second-order valence-corrected chi connectivity index (χ2v) is 10.4. The number of hydrogen-bond acceptors (Lipinski definition) is 9. The van der Waals surface area contributed by atoms with Gasteiger partial charge in [0, 0.05) is 25.5 Å². The third-order valence-corrected chi connectivity index (χ3v) is 7.14. The van der Waals surface area contributed by atoms with Crippen molar-refractivity contribution in [2.24, 2.45) is 0 Å². The molecule has 2 aromatic carbocycles. The van der Waals surface area contributed by atoms with Crippen LogP contribution in [0.2, 0.25) is 0 Å². The van der Waals surface area contributed by atoms with E-state index in [0.29, 0.717) is 18.3 Å². The SMILES string of the molecule is CSCCCO[C@]1(C=O)C[C@H](O)[C@@H](NC(C)=O)[C@H]([C@H](O)[C@H](O)CNC(=O)c2ccc(-c3ccccc3)cc2)O1. The van der Waals surface area contributed by atoms with Crippen LogP contribution < -0.4 is 10.6 Å². The molecule has 10 nitrogen and oxygen atoms in total. The van der Waals surface area contributed by atoms with E-state index in [1.807, 2.05) is 48.7 Å². The Labute approximate surface area is 232 Å². The summed E-state index contributed by atoms with van der Waals surface area (Å²) in [7, 11) is 0. The monoisotopic (exact) mass is 560 g/mol. The van der Waals surface area contributed by atoms with Gasteiger partial charge in [-0.05, 0) is 41.7 Å². The fourth-order valence-electron chi connectivity index (χ4n) is 4.42. The Morgan fingerprint density at radius 1 is 1.15 bits per heavy atom. The van der Waals surface area contributed by atoms with E-state index in [1.54, 1.807) is 23.9 Å². The molecule has 1 fully saturated rings. The van der Waals surface area contributed by atoms with Crippen LogP contribution in [0.4, 0.5) is 0 Å². The Morgan fingerprint density at radius 3 is 2.44 bits per heavy atom. The summed E-state index contributed by atoms with van der Waals surface area (Å²) in [6.45, 7) is 1.05. The summed E-state index contributed by atoms with van der Waals surface area (Å²) in [6, 6.07) is 15.5. The van der Waals surface area contributed by atoms with Gasteiger partial charge in [-0.15, -0.1) is 0 Å². The molecule has 2 amide bonds. The summed E-state index contributed by atoms with van der Waals surface area (Å²) >= 11 is 1.60. The summed E-state index contributed by atoms with van der Waals surface area (Å²) < 4.78 is 11.5. The first-order valence-electron chi connectivity index (χ1n) is 12.7. The molecular weight excluding hydrogens is 524 g/mol. The molecule has 0 aliphatic carbocycles. The van der Waals surface area contributed by atoms with Crippen LogP contribution in [-0.2, 0) is 19.1 Å². The summed E-state index contributed by atoms with van der Waals surface area (Å²) in [4.78, 5) is 36.4. The van der Waals surface area contributed by atoms with E-state index in [1.165, 1.54) is 6.92 Å². The minimum Gasteiger partial charge on any atom is -0.391 e. The molecule has 1 aliphatic heterocycles. The fraction of sp³-hybridized carbons (Fsp3) is 0.464. The lowest BCUT2D eigenvalue weighted by Crippen LogP contribution is -2.66. The molecule has 0 saturated carbocycles. The first-order valence-corrected chi connectivity index (χ1v) is 14.1. The number of amides is 2. The highest BCUT2D eigenvalue weighted by molar-refractivity contribution is 7.98. The number of nitrogens with one attached hydrogen (secondary N) is 2. The molecule has 2 aromatic rings. The number of hydrogen-bond donors (Lipinski definition) is 5. The van der Waals surface area contributed by atoms with Gasteiger partial charge in [-0.1, -0.05) is 42.5 Å². The maximum Gasteiger partial charge on any atom is 0.251 e. The predicted octanol–water partition coefficient (Wildman–Crippen LogP) is 1.12. The summed E-state index contributed by atoms with van der Waals surface area (Å²) in [5, 5.41) is 37.5. The lowest BCUT2D eigenvalue weighted by atomic mass is 9.88. The first kappa shape index (κ1) is 30.7. The second kappa shape index (κ2) is 14.5. The lowest BCUT2D eigenvalue weighted by Gasteiger charge is -2.46.